The summed E-state index contributed by atoms with van der Waals surface area (Å²) in [5, 5.41) is 0.536. The SMILES string of the molecule is COc1cccc(CN(C)S(=O)(=O)c2c(C)c(Cl)cc(C)c2Cl)c1OC. The molecule has 2 aromatic rings. The van der Waals surface area contributed by atoms with Crippen LogP contribution >= 0.6 is 23.2 Å². The third kappa shape index (κ3) is 3.78. The molecule has 0 saturated heterocycles. The number of rotatable bonds is 6. The summed E-state index contributed by atoms with van der Waals surface area (Å²) in [6, 6.07) is 6.96. The minimum Gasteiger partial charge on any atom is -0.493 e. The monoisotopic (exact) mass is 417 g/mol. The topological polar surface area (TPSA) is 55.8 Å². The summed E-state index contributed by atoms with van der Waals surface area (Å²) in [5.74, 6) is 1.02. The van der Waals surface area contributed by atoms with Gasteiger partial charge in [-0.05, 0) is 37.1 Å². The zero-order valence-electron chi connectivity index (χ0n) is 15.3. The van der Waals surface area contributed by atoms with Gasteiger partial charge in [0.15, 0.2) is 11.5 Å². The third-order valence-corrected chi connectivity index (χ3v) is 7.10. The Morgan fingerprint density at radius 3 is 2.35 bits per heavy atom. The van der Waals surface area contributed by atoms with E-state index in [1.165, 1.54) is 25.6 Å². The Hall–Kier alpha value is -1.47. The van der Waals surface area contributed by atoms with Crippen molar-refractivity contribution in [3.05, 3.63) is 51.0 Å². The van der Waals surface area contributed by atoms with Crippen molar-refractivity contribution in [1.82, 2.24) is 4.31 Å². The summed E-state index contributed by atoms with van der Waals surface area (Å²) >= 11 is 12.5. The Kier molecular flexibility index (Phi) is 6.45. The number of hydrogen-bond donors (Lipinski definition) is 0. The highest BCUT2D eigenvalue weighted by Gasteiger charge is 2.29. The lowest BCUT2D eigenvalue weighted by Crippen LogP contribution is -2.28. The quantitative estimate of drug-likeness (QED) is 0.696. The van der Waals surface area contributed by atoms with Crippen molar-refractivity contribution in [3.8, 4) is 11.5 Å². The first-order valence-electron chi connectivity index (χ1n) is 7.76. The lowest BCUT2D eigenvalue weighted by molar-refractivity contribution is 0.347. The highest BCUT2D eigenvalue weighted by Crippen LogP contribution is 2.36. The molecule has 142 valence electrons. The van der Waals surface area contributed by atoms with Crippen LogP contribution in [0.1, 0.15) is 16.7 Å². The van der Waals surface area contributed by atoms with Crippen LogP contribution in [-0.2, 0) is 16.6 Å². The fourth-order valence-electron chi connectivity index (χ4n) is 2.68. The maximum Gasteiger partial charge on any atom is 0.244 e. The zero-order chi connectivity index (χ0) is 19.6. The first kappa shape index (κ1) is 20.8. The summed E-state index contributed by atoms with van der Waals surface area (Å²) in [4.78, 5) is 0.0218. The summed E-state index contributed by atoms with van der Waals surface area (Å²) in [5.41, 5.74) is 1.70. The van der Waals surface area contributed by atoms with E-state index in [0.29, 0.717) is 33.2 Å². The second-order valence-electron chi connectivity index (χ2n) is 5.86. The molecule has 0 radical (unpaired) electrons. The maximum absolute atomic E-state index is 13.1. The lowest BCUT2D eigenvalue weighted by Gasteiger charge is -2.22. The Morgan fingerprint density at radius 2 is 1.77 bits per heavy atom. The second kappa shape index (κ2) is 8.05. The molecule has 0 amide bonds. The van der Waals surface area contributed by atoms with Gasteiger partial charge in [-0.1, -0.05) is 35.3 Å². The highest BCUT2D eigenvalue weighted by molar-refractivity contribution is 7.89. The van der Waals surface area contributed by atoms with Gasteiger partial charge in [0, 0.05) is 24.2 Å². The summed E-state index contributed by atoms with van der Waals surface area (Å²) in [7, 11) is 0.658. The number of hydrogen-bond acceptors (Lipinski definition) is 4. The standard InChI is InChI=1S/C18H21Cl2NO4S/c1-11-9-14(19)12(2)18(16(11)20)26(22,23)21(3)10-13-7-6-8-15(24-4)17(13)25-5/h6-9H,10H2,1-5H3. The van der Waals surface area contributed by atoms with Gasteiger partial charge in [0.25, 0.3) is 0 Å². The predicted molar refractivity (Wildman–Crippen MR) is 104 cm³/mol. The van der Waals surface area contributed by atoms with Crippen LogP contribution in [0.15, 0.2) is 29.2 Å². The molecule has 26 heavy (non-hydrogen) atoms. The molecule has 0 aliphatic carbocycles. The number of para-hydroxylation sites is 1. The Labute approximate surface area is 164 Å². The van der Waals surface area contributed by atoms with Crippen LogP contribution in [0.25, 0.3) is 0 Å². The van der Waals surface area contributed by atoms with Crippen molar-refractivity contribution in [2.45, 2.75) is 25.3 Å². The van der Waals surface area contributed by atoms with Gasteiger partial charge in [-0.15, -0.1) is 0 Å². The Bertz CT molecular complexity index is 903. The normalized spacial score (nSPS) is 11.7. The van der Waals surface area contributed by atoms with Gasteiger partial charge >= 0.3 is 0 Å². The minimum absolute atomic E-state index is 0.0218. The van der Waals surface area contributed by atoms with Crippen LogP contribution in [0.2, 0.25) is 10.0 Å². The first-order chi connectivity index (χ1) is 12.1. The lowest BCUT2D eigenvalue weighted by atomic mass is 10.2. The van der Waals surface area contributed by atoms with E-state index in [1.54, 1.807) is 38.1 Å². The van der Waals surface area contributed by atoms with Gasteiger partial charge in [-0.25, -0.2) is 8.42 Å². The van der Waals surface area contributed by atoms with E-state index in [0.717, 1.165) is 0 Å². The van der Waals surface area contributed by atoms with Crippen molar-refractivity contribution >= 4 is 33.2 Å². The molecule has 0 unspecified atom stereocenters. The average Bonchev–Trinajstić information content (AvgIpc) is 2.59. The van der Waals surface area contributed by atoms with E-state index in [-0.39, 0.29) is 16.5 Å². The van der Waals surface area contributed by atoms with Crippen molar-refractivity contribution in [3.63, 3.8) is 0 Å². The molecular formula is C18H21Cl2NO4S. The number of benzene rings is 2. The molecule has 2 aromatic carbocycles. The van der Waals surface area contributed by atoms with Crippen molar-refractivity contribution in [1.29, 1.82) is 0 Å². The van der Waals surface area contributed by atoms with Crippen LogP contribution < -0.4 is 9.47 Å². The van der Waals surface area contributed by atoms with Gasteiger partial charge in [-0.2, -0.15) is 4.31 Å². The van der Waals surface area contributed by atoms with E-state index >= 15 is 0 Å². The number of nitrogens with zero attached hydrogens (tertiary/aromatic N) is 1. The van der Waals surface area contributed by atoms with Crippen LogP contribution in [0.4, 0.5) is 0 Å². The molecule has 0 fully saturated rings. The van der Waals surface area contributed by atoms with Gasteiger partial charge in [0.2, 0.25) is 10.0 Å². The van der Waals surface area contributed by atoms with E-state index in [9.17, 15) is 8.42 Å². The third-order valence-electron chi connectivity index (χ3n) is 4.13. The van der Waals surface area contributed by atoms with Gasteiger partial charge in [-0.3, -0.25) is 0 Å². The average molecular weight is 418 g/mol. The van der Waals surface area contributed by atoms with Crippen LogP contribution in [0, 0.1) is 13.8 Å². The van der Waals surface area contributed by atoms with Crippen LogP contribution in [0.5, 0.6) is 11.5 Å². The molecule has 0 saturated carbocycles. The highest BCUT2D eigenvalue weighted by atomic mass is 35.5. The van der Waals surface area contributed by atoms with Crippen LogP contribution in [0.3, 0.4) is 0 Å². The first-order valence-corrected chi connectivity index (χ1v) is 9.96. The number of halogens is 2. The summed E-state index contributed by atoms with van der Waals surface area (Å²) in [6.45, 7) is 3.45. The maximum atomic E-state index is 13.1. The van der Waals surface area contributed by atoms with E-state index in [1.807, 2.05) is 0 Å². The van der Waals surface area contributed by atoms with Crippen LogP contribution in [-0.4, -0.2) is 34.0 Å². The van der Waals surface area contributed by atoms with Gasteiger partial charge < -0.3 is 9.47 Å². The molecule has 0 aliphatic heterocycles. The van der Waals surface area contributed by atoms with Crippen molar-refractivity contribution in [2.75, 3.05) is 21.3 Å². The largest absolute Gasteiger partial charge is 0.493 e. The Balaban J connectivity index is 2.50. The number of sulfonamides is 1. The molecule has 0 aliphatic rings. The molecule has 0 spiro atoms. The summed E-state index contributed by atoms with van der Waals surface area (Å²) < 4.78 is 38.2. The molecule has 0 aromatic heterocycles. The zero-order valence-corrected chi connectivity index (χ0v) is 17.6. The van der Waals surface area contributed by atoms with Gasteiger partial charge in [0.05, 0.1) is 19.2 Å². The fourth-order valence-corrected chi connectivity index (χ4v) is 4.99. The van der Waals surface area contributed by atoms with Crippen molar-refractivity contribution < 1.29 is 17.9 Å². The van der Waals surface area contributed by atoms with E-state index in [4.69, 9.17) is 32.7 Å². The fraction of sp³-hybridized carbons (Fsp3) is 0.333. The molecule has 0 bridgehead atoms. The molecular weight excluding hydrogens is 397 g/mol. The number of methoxy groups -OCH3 is 2. The minimum atomic E-state index is -3.87. The molecule has 5 nitrogen and oxygen atoms in total. The predicted octanol–water partition coefficient (Wildman–Crippen LogP) is 4.45. The molecule has 8 heteroatoms. The van der Waals surface area contributed by atoms with Gasteiger partial charge in [0.1, 0.15) is 4.90 Å². The number of ether oxygens (including phenoxy) is 2. The second-order valence-corrected chi connectivity index (χ2v) is 8.62. The molecule has 0 heterocycles. The Morgan fingerprint density at radius 1 is 1.12 bits per heavy atom. The number of aryl methyl sites for hydroxylation is 1. The van der Waals surface area contributed by atoms with E-state index < -0.39 is 10.0 Å². The molecule has 0 atom stereocenters. The van der Waals surface area contributed by atoms with E-state index in [2.05, 4.69) is 0 Å². The molecule has 0 N–H and O–H groups in total. The smallest absolute Gasteiger partial charge is 0.244 e. The van der Waals surface area contributed by atoms with Crippen molar-refractivity contribution in [2.24, 2.45) is 0 Å². The summed E-state index contributed by atoms with van der Waals surface area (Å²) in [6.07, 6.45) is 0. The molecule has 2 rings (SSSR count).